The summed E-state index contributed by atoms with van der Waals surface area (Å²) in [6, 6.07) is 0. The maximum absolute atomic E-state index is 11.0. The van der Waals surface area contributed by atoms with Crippen molar-refractivity contribution in [3.05, 3.63) is 12.3 Å². The molecule has 0 saturated carbocycles. The molecule has 0 fully saturated rings. The first-order chi connectivity index (χ1) is 5.70. The highest BCUT2D eigenvalue weighted by Gasteiger charge is 2.00. The molecule has 0 aromatic heterocycles. The van der Waals surface area contributed by atoms with E-state index in [0.717, 1.165) is 25.0 Å². The van der Waals surface area contributed by atoms with E-state index in [1.807, 2.05) is 6.92 Å². The van der Waals surface area contributed by atoms with Gasteiger partial charge in [-0.2, -0.15) is 0 Å². The van der Waals surface area contributed by atoms with Crippen molar-refractivity contribution in [3.8, 4) is 0 Å². The van der Waals surface area contributed by atoms with Gasteiger partial charge in [-0.1, -0.05) is 13.5 Å². The van der Waals surface area contributed by atoms with Crippen LogP contribution in [0.1, 0.15) is 39.0 Å². The molecule has 0 aromatic carbocycles. The number of Topliss-reactive ketones (excluding diaryl/α,β-unsaturated/α-hetero) is 1. The predicted octanol–water partition coefficient (Wildman–Crippen LogP) is 2.69. The third-order valence-electron chi connectivity index (χ3n) is 1.73. The second kappa shape index (κ2) is 6.89. The van der Waals surface area contributed by atoms with E-state index in [9.17, 15) is 4.79 Å². The SMILES string of the molecule is C=C(CCCC(=O)CCC)OC. The Morgan fingerprint density at radius 2 is 2.00 bits per heavy atom. The Bertz CT molecular complexity index is 150. The molecule has 0 radical (unpaired) electrons. The van der Waals surface area contributed by atoms with Gasteiger partial charge < -0.3 is 4.74 Å². The van der Waals surface area contributed by atoms with E-state index in [0.29, 0.717) is 18.6 Å². The van der Waals surface area contributed by atoms with Crippen molar-refractivity contribution in [1.29, 1.82) is 0 Å². The number of methoxy groups -OCH3 is 1. The number of rotatable bonds is 7. The number of hydrogen-bond donors (Lipinski definition) is 0. The second-order valence-electron chi connectivity index (χ2n) is 2.89. The van der Waals surface area contributed by atoms with Crippen molar-refractivity contribution in [1.82, 2.24) is 0 Å². The first-order valence-electron chi connectivity index (χ1n) is 4.44. The summed E-state index contributed by atoms with van der Waals surface area (Å²) in [4.78, 5) is 11.0. The van der Waals surface area contributed by atoms with Gasteiger partial charge >= 0.3 is 0 Å². The molecule has 0 N–H and O–H groups in total. The van der Waals surface area contributed by atoms with Gasteiger partial charge in [0.1, 0.15) is 5.78 Å². The summed E-state index contributed by atoms with van der Waals surface area (Å²) in [5.74, 6) is 1.11. The highest BCUT2D eigenvalue weighted by atomic mass is 16.5. The van der Waals surface area contributed by atoms with Crippen molar-refractivity contribution in [2.24, 2.45) is 0 Å². The van der Waals surface area contributed by atoms with E-state index in [1.165, 1.54) is 0 Å². The number of hydrogen-bond acceptors (Lipinski definition) is 2. The first kappa shape index (κ1) is 11.2. The van der Waals surface area contributed by atoms with Gasteiger partial charge in [0.25, 0.3) is 0 Å². The van der Waals surface area contributed by atoms with Crippen LogP contribution in [-0.2, 0) is 9.53 Å². The Balaban J connectivity index is 3.30. The number of ketones is 1. The zero-order chi connectivity index (χ0) is 9.40. The summed E-state index contributed by atoms with van der Waals surface area (Å²) in [6.07, 6.45) is 3.98. The van der Waals surface area contributed by atoms with E-state index in [1.54, 1.807) is 7.11 Å². The molecular formula is C10H18O2. The highest BCUT2D eigenvalue weighted by molar-refractivity contribution is 5.78. The standard InChI is InChI=1S/C10H18O2/c1-4-6-10(11)8-5-7-9(2)12-3/h2,4-8H2,1,3H3. The third-order valence-corrected chi connectivity index (χ3v) is 1.73. The zero-order valence-electron chi connectivity index (χ0n) is 8.06. The predicted molar refractivity (Wildman–Crippen MR) is 49.9 cm³/mol. The molecule has 0 heterocycles. The van der Waals surface area contributed by atoms with E-state index in [2.05, 4.69) is 6.58 Å². The number of carbonyl (C=O) groups excluding carboxylic acids is 1. The summed E-state index contributed by atoms with van der Waals surface area (Å²) < 4.78 is 4.89. The van der Waals surface area contributed by atoms with Crippen LogP contribution in [0.2, 0.25) is 0 Å². The van der Waals surface area contributed by atoms with Gasteiger partial charge in [-0.05, 0) is 12.8 Å². The van der Waals surface area contributed by atoms with E-state index in [-0.39, 0.29) is 0 Å². The smallest absolute Gasteiger partial charge is 0.132 e. The van der Waals surface area contributed by atoms with Crippen molar-refractivity contribution < 1.29 is 9.53 Å². The monoisotopic (exact) mass is 170 g/mol. The molecule has 12 heavy (non-hydrogen) atoms. The number of carbonyl (C=O) groups is 1. The Labute approximate surface area is 74.6 Å². The van der Waals surface area contributed by atoms with Gasteiger partial charge in [0, 0.05) is 19.3 Å². The largest absolute Gasteiger partial charge is 0.502 e. The fraction of sp³-hybridized carbons (Fsp3) is 0.700. The van der Waals surface area contributed by atoms with Gasteiger partial charge in [0.05, 0.1) is 12.9 Å². The number of allylic oxidation sites excluding steroid dienone is 1. The van der Waals surface area contributed by atoms with Crippen LogP contribution in [0.4, 0.5) is 0 Å². The molecule has 0 spiro atoms. The minimum Gasteiger partial charge on any atom is -0.502 e. The molecule has 0 amide bonds. The lowest BCUT2D eigenvalue weighted by Gasteiger charge is -2.02. The van der Waals surface area contributed by atoms with E-state index < -0.39 is 0 Å². The van der Waals surface area contributed by atoms with Gasteiger partial charge in [-0.25, -0.2) is 0 Å². The average Bonchev–Trinajstić information content (AvgIpc) is 2.04. The number of ether oxygens (including phenoxy) is 1. The molecule has 0 rings (SSSR count). The van der Waals surface area contributed by atoms with Crippen molar-refractivity contribution in [2.45, 2.75) is 39.0 Å². The molecule has 70 valence electrons. The van der Waals surface area contributed by atoms with E-state index in [4.69, 9.17) is 4.74 Å². The first-order valence-corrected chi connectivity index (χ1v) is 4.44. The maximum Gasteiger partial charge on any atom is 0.132 e. The van der Waals surface area contributed by atoms with Crippen LogP contribution >= 0.6 is 0 Å². The van der Waals surface area contributed by atoms with Gasteiger partial charge in [-0.3, -0.25) is 4.79 Å². The quantitative estimate of drug-likeness (QED) is 0.549. The molecular weight excluding hydrogens is 152 g/mol. The molecule has 0 aliphatic rings. The lowest BCUT2D eigenvalue weighted by atomic mass is 10.1. The Morgan fingerprint density at radius 3 is 2.50 bits per heavy atom. The summed E-state index contributed by atoms with van der Waals surface area (Å²) in [6.45, 7) is 5.70. The molecule has 2 nitrogen and oxygen atoms in total. The molecule has 2 heteroatoms. The van der Waals surface area contributed by atoms with Crippen LogP contribution in [0.25, 0.3) is 0 Å². The lowest BCUT2D eigenvalue weighted by Crippen LogP contribution is -1.97. The fourth-order valence-electron chi connectivity index (χ4n) is 0.989. The van der Waals surface area contributed by atoms with Gasteiger partial charge in [-0.15, -0.1) is 0 Å². The van der Waals surface area contributed by atoms with Crippen LogP contribution in [0.3, 0.4) is 0 Å². The molecule has 0 aliphatic heterocycles. The Hall–Kier alpha value is -0.790. The van der Waals surface area contributed by atoms with Crippen LogP contribution in [-0.4, -0.2) is 12.9 Å². The fourth-order valence-corrected chi connectivity index (χ4v) is 0.989. The van der Waals surface area contributed by atoms with Gasteiger partial charge in [0.15, 0.2) is 0 Å². The Kier molecular flexibility index (Phi) is 6.44. The summed E-state index contributed by atoms with van der Waals surface area (Å²) in [5, 5.41) is 0. The third kappa shape index (κ3) is 5.96. The highest BCUT2D eigenvalue weighted by Crippen LogP contribution is 2.07. The Morgan fingerprint density at radius 1 is 1.33 bits per heavy atom. The molecule has 0 aromatic rings. The molecule has 0 bridgehead atoms. The molecule has 0 atom stereocenters. The normalized spacial score (nSPS) is 9.50. The molecule has 0 aliphatic carbocycles. The zero-order valence-corrected chi connectivity index (χ0v) is 8.06. The summed E-state index contributed by atoms with van der Waals surface area (Å²) >= 11 is 0. The summed E-state index contributed by atoms with van der Waals surface area (Å²) in [7, 11) is 1.61. The minimum atomic E-state index is 0.349. The topological polar surface area (TPSA) is 26.3 Å². The molecule has 0 unspecified atom stereocenters. The van der Waals surface area contributed by atoms with Crippen LogP contribution < -0.4 is 0 Å². The van der Waals surface area contributed by atoms with Crippen LogP contribution in [0.15, 0.2) is 12.3 Å². The van der Waals surface area contributed by atoms with Gasteiger partial charge in [0.2, 0.25) is 0 Å². The van der Waals surface area contributed by atoms with Crippen molar-refractivity contribution in [2.75, 3.05) is 7.11 Å². The summed E-state index contributed by atoms with van der Waals surface area (Å²) in [5.41, 5.74) is 0. The molecule has 0 saturated heterocycles. The minimum absolute atomic E-state index is 0.349. The maximum atomic E-state index is 11.0. The lowest BCUT2D eigenvalue weighted by molar-refractivity contribution is -0.119. The van der Waals surface area contributed by atoms with E-state index >= 15 is 0 Å². The average molecular weight is 170 g/mol. The van der Waals surface area contributed by atoms with Crippen molar-refractivity contribution in [3.63, 3.8) is 0 Å². The van der Waals surface area contributed by atoms with Crippen LogP contribution in [0.5, 0.6) is 0 Å². The second-order valence-corrected chi connectivity index (χ2v) is 2.89. The van der Waals surface area contributed by atoms with Crippen molar-refractivity contribution >= 4 is 5.78 Å². The van der Waals surface area contributed by atoms with Crippen LogP contribution in [0, 0.1) is 0 Å².